The highest BCUT2D eigenvalue weighted by Gasteiger charge is 2.15. The summed E-state index contributed by atoms with van der Waals surface area (Å²) < 4.78 is 1.90. The molecule has 1 amide bonds. The minimum absolute atomic E-state index is 0.174. The lowest BCUT2D eigenvalue weighted by molar-refractivity contribution is 0.0947. The van der Waals surface area contributed by atoms with Gasteiger partial charge in [-0.1, -0.05) is 13.8 Å². The predicted molar refractivity (Wildman–Crippen MR) is 80.2 cm³/mol. The summed E-state index contributed by atoms with van der Waals surface area (Å²) in [4.78, 5) is 24.8. The monoisotopic (exact) mass is 288 g/mol. The Morgan fingerprint density at radius 1 is 1.43 bits per heavy atom. The van der Waals surface area contributed by atoms with E-state index in [1.165, 1.54) is 0 Å². The predicted octanol–water partition coefficient (Wildman–Crippen LogP) is 1.27. The summed E-state index contributed by atoms with van der Waals surface area (Å²) in [6.45, 7) is 5.17. The average molecular weight is 288 g/mol. The van der Waals surface area contributed by atoms with Crippen molar-refractivity contribution in [2.75, 3.05) is 18.9 Å². The van der Waals surface area contributed by atoms with Gasteiger partial charge < -0.3 is 15.2 Å². The zero-order chi connectivity index (χ0) is 15.2. The number of anilines is 1. The first-order valence-electron chi connectivity index (χ1n) is 6.90. The van der Waals surface area contributed by atoms with Gasteiger partial charge in [-0.2, -0.15) is 0 Å². The van der Waals surface area contributed by atoms with Crippen molar-refractivity contribution in [2.24, 2.45) is 0 Å². The fourth-order valence-corrected chi connectivity index (χ4v) is 1.83. The van der Waals surface area contributed by atoms with Crippen LogP contribution in [0, 0.1) is 0 Å². The first-order valence-corrected chi connectivity index (χ1v) is 6.90. The Morgan fingerprint density at radius 3 is 2.86 bits per heavy atom. The highest BCUT2D eigenvalue weighted by atomic mass is 16.1. The second kappa shape index (κ2) is 6.83. The second-order valence-corrected chi connectivity index (χ2v) is 4.95. The van der Waals surface area contributed by atoms with E-state index in [1.54, 1.807) is 25.8 Å². The summed E-state index contributed by atoms with van der Waals surface area (Å²) in [6, 6.07) is 0. The molecule has 112 valence electrons. The summed E-state index contributed by atoms with van der Waals surface area (Å²) in [7, 11) is 1.75. The molecule has 2 N–H and O–H groups in total. The molecule has 2 aromatic heterocycles. The zero-order valence-electron chi connectivity index (χ0n) is 12.5. The lowest BCUT2D eigenvalue weighted by atomic mass is 10.2. The Labute approximate surface area is 123 Å². The maximum Gasteiger partial charge on any atom is 0.272 e. The van der Waals surface area contributed by atoms with E-state index in [9.17, 15) is 4.79 Å². The number of aromatic nitrogens is 4. The van der Waals surface area contributed by atoms with E-state index in [-0.39, 0.29) is 11.8 Å². The molecular formula is C14H20N6O. The molecule has 2 aromatic rings. The van der Waals surface area contributed by atoms with Gasteiger partial charge in [0.25, 0.3) is 5.91 Å². The summed E-state index contributed by atoms with van der Waals surface area (Å²) in [5.74, 6) is 0.630. The van der Waals surface area contributed by atoms with Gasteiger partial charge in [-0.3, -0.25) is 4.79 Å². The smallest absolute Gasteiger partial charge is 0.272 e. The van der Waals surface area contributed by atoms with Gasteiger partial charge in [0.2, 0.25) is 0 Å². The van der Waals surface area contributed by atoms with Crippen LogP contribution in [0.1, 0.15) is 36.1 Å². The van der Waals surface area contributed by atoms with E-state index in [0.717, 1.165) is 0 Å². The van der Waals surface area contributed by atoms with Crippen LogP contribution in [-0.4, -0.2) is 39.0 Å². The van der Waals surface area contributed by atoms with Gasteiger partial charge in [0.15, 0.2) is 5.69 Å². The molecule has 0 bridgehead atoms. The molecule has 0 saturated carbocycles. The van der Waals surface area contributed by atoms with Crippen molar-refractivity contribution < 1.29 is 4.79 Å². The first-order chi connectivity index (χ1) is 10.1. The molecule has 0 unspecified atom stereocenters. The van der Waals surface area contributed by atoms with Crippen LogP contribution in [0.15, 0.2) is 24.9 Å². The van der Waals surface area contributed by atoms with Crippen molar-refractivity contribution in [3.63, 3.8) is 0 Å². The van der Waals surface area contributed by atoms with Crippen molar-refractivity contribution in [3.05, 3.63) is 36.4 Å². The molecule has 0 aliphatic heterocycles. The number of nitrogens with zero attached hydrogens (tertiary/aromatic N) is 4. The summed E-state index contributed by atoms with van der Waals surface area (Å²) in [5.41, 5.74) is 1.00. The van der Waals surface area contributed by atoms with E-state index in [0.29, 0.717) is 30.3 Å². The average Bonchev–Trinajstić information content (AvgIpc) is 2.99. The van der Waals surface area contributed by atoms with Crippen LogP contribution in [0.5, 0.6) is 0 Å². The number of hydrogen-bond donors (Lipinski definition) is 2. The van der Waals surface area contributed by atoms with Crippen LogP contribution in [0.25, 0.3) is 0 Å². The Hall–Kier alpha value is -2.44. The largest absolute Gasteiger partial charge is 0.385 e. The minimum Gasteiger partial charge on any atom is -0.385 e. The van der Waals surface area contributed by atoms with E-state index >= 15 is 0 Å². The van der Waals surface area contributed by atoms with Crippen LogP contribution >= 0.6 is 0 Å². The summed E-state index contributed by atoms with van der Waals surface area (Å²) in [6.07, 6.45) is 6.92. The molecule has 0 radical (unpaired) electrons. The van der Waals surface area contributed by atoms with Crippen molar-refractivity contribution in [3.8, 4) is 0 Å². The maximum absolute atomic E-state index is 12.3. The third kappa shape index (κ3) is 3.77. The molecule has 2 heterocycles. The van der Waals surface area contributed by atoms with E-state index in [2.05, 4.69) is 25.6 Å². The topological polar surface area (TPSA) is 84.7 Å². The Balaban J connectivity index is 2.04. The van der Waals surface area contributed by atoms with Crippen LogP contribution in [-0.2, 0) is 6.54 Å². The highest BCUT2D eigenvalue weighted by molar-refractivity contribution is 5.97. The Morgan fingerprint density at radius 2 is 2.24 bits per heavy atom. The third-order valence-corrected chi connectivity index (χ3v) is 3.02. The van der Waals surface area contributed by atoms with Crippen molar-refractivity contribution in [1.82, 2.24) is 24.8 Å². The van der Waals surface area contributed by atoms with Crippen molar-refractivity contribution in [1.29, 1.82) is 0 Å². The van der Waals surface area contributed by atoms with Gasteiger partial charge >= 0.3 is 0 Å². The summed E-state index contributed by atoms with van der Waals surface area (Å²) in [5, 5.41) is 5.81. The molecule has 0 saturated heterocycles. The Bertz CT molecular complexity index is 594. The molecule has 7 heteroatoms. The molecule has 0 aromatic carbocycles. The van der Waals surface area contributed by atoms with E-state index < -0.39 is 0 Å². The number of imidazole rings is 1. The molecule has 0 aliphatic carbocycles. The van der Waals surface area contributed by atoms with Gasteiger partial charge in [-0.15, -0.1) is 0 Å². The molecule has 7 nitrogen and oxygen atoms in total. The number of rotatable bonds is 6. The fraction of sp³-hybridized carbons (Fsp3) is 0.429. The molecule has 0 atom stereocenters. The number of amides is 1. The zero-order valence-corrected chi connectivity index (χ0v) is 12.5. The van der Waals surface area contributed by atoms with Crippen LogP contribution in [0.2, 0.25) is 0 Å². The molecular weight excluding hydrogens is 268 g/mol. The van der Waals surface area contributed by atoms with Gasteiger partial charge in [0.1, 0.15) is 5.82 Å². The lowest BCUT2D eigenvalue weighted by Crippen LogP contribution is -2.29. The molecule has 2 rings (SSSR count). The second-order valence-electron chi connectivity index (χ2n) is 4.95. The minimum atomic E-state index is -0.205. The maximum atomic E-state index is 12.3. The van der Waals surface area contributed by atoms with Crippen LogP contribution in [0.3, 0.4) is 0 Å². The third-order valence-electron chi connectivity index (χ3n) is 3.02. The molecule has 0 spiro atoms. The lowest BCUT2D eigenvalue weighted by Gasteiger charge is -2.11. The fourth-order valence-electron chi connectivity index (χ4n) is 1.83. The first kappa shape index (κ1) is 15.0. The number of nitrogens with one attached hydrogen (secondary N) is 2. The normalized spacial score (nSPS) is 10.7. The van der Waals surface area contributed by atoms with E-state index in [4.69, 9.17) is 0 Å². The van der Waals surface area contributed by atoms with Gasteiger partial charge in [0, 0.05) is 38.4 Å². The van der Waals surface area contributed by atoms with E-state index in [1.807, 2.05) is 24.6 Å². The molecule has 21 heavy (non-hydrogen) atoms. The number of carbonyl (C=O) groups is 1. The van der Waals surface area contributed by atoms with Crippen LogP contribution in [0.4, 0.5) is 5.69 Å². The van der Waals surface area contributed by atoms with Crippen LogP contribution < -0.4 is 10.6 Å². The molecule has 0 fully saturated rings. The standard InChI is InChI=1S/C14H20N6O/c1-10(2)13-18-8-11(15-3)12(19-13)14(21)17-5-7-20-6-4-16-9-20/h4,6,8-10,15H,5,7H2,1-3H3,(H,17,21). The van der Waals surface area contributed by atoms with Gasteiger partial charge in [0.05, 0.1) is 18.2 Å². The number of hydrogen-bond acceptors (Lipinski definition) is 5. The molecule has 0 aliphatic rings. The van der Waals surface area contributed by atoms with Gasteiger partial charge in [-0.05, 0) is 0 Å². The highest BCUT2D eigenvalue weighted by Crippen LogP contribution is 2.15. The van der Waals surface area contributed by atoms with Crippen molar-refractivity contribution >= 4 is 11.6 Å². The van der Waals surface area contributed by atoms with Gasteiger partial charge in [-0.25, -0.2) is 15.0 Å². The van der Waals surface area contributed by atoms with Crippen molar-refractivity contribution in [2.45, 2.75) is 26.3 Å². The quantitative estimate of drug-likeness (QED) is 0.836. The summed E-state index contributed by atoms with van der Waals surface area (Å²) >= 11 is 0. The SMILES string of the molecule is CNc1cnc(C(C)C)nc1C(=O)NCCn1ccnc1. The Kier molecular flexibility index (Phi) is 4.86. The number of carbonyl (C=O) groups excluding carboxylic acids is 1.